The van der Waals surface area contributed by atoms with Crippen LogP contribution in [0.15, 0.2) is 121 Å². The van der Waals surface area contributed by atoms with Crippen LogP contribution in [0.4, 0.5) is 0 Å². The second kappa shape index (κ2) is 13.4. The van der Waals surface area contributed by atoms with Gasteiger partial charge in [-0.3, -0.25) is 0 Å². The van der Waals surface area contributed by atoms with E-state index < -0.39 is 10.5 Å². The van der Waals surface area contributed by atoms with Gasteiger partial charge in [0.1, 0.15) is 21.9 Å². The summed E-state index contributed by atoms with van der Waals surface area (Å²) in [5.41, 5.74) is 5.36. The largest absolute Gasteiger partial charge is 0.699 e. The Bertz CT molecular complexity index is 1190. The standard InChI is InChI=1S/C29H30P2S4/c32-30(21-26-13-5-1-6-14-26,34-23-28-17-9-3-10-18-28)25-31(33,22-27-15-7-2-8-16-27)35-24-29-19-11-4-12-20-29/h1-20H,21-25H2. The first-order valence-corrected chi connectivity index (χ1v) is 21.2. The lowest BCUT2D eigenvalue weighted by Gasteiger charge is -2.31. The molecular formula is C29H30P2S4. The zero-order valence-electron chi connectivity index (χ0n) is 19.6. The Hall–Kier alpha value is -1.12. The van der Waals surface area contributed by atoms with Crippen molar-refractivity contribution < 1.29 is 0 Å². The zero-order valence-corrected chi connectivity index (χ0v) is 24.7. The predicted octanol–water partition coefficient (Wildman–Crippen LogP) is 8.70. The van der Waals surface area contributed by atoms with Gasteiger partial charge in [0.05, 0.1) is 0 Å². The Morgan fingerprint density at radius 1 is 0.429 bits per heavy atom. The molecule has 0 N–H and O–H groups in total. The topological polar surface area (TPSA) is 0 Å². The lowest BCUT2D eigenvalue weighted by molar-refractivity contribution is 1.39. The summed E-state index contributed by atoms with van der Waals surface area (Å²) in [4.78, 5) is 0. The lowest BCUT2D eigenvalue weighted by Crippen LogP contribution is -2.00. The molecule has 0 aliphatic heterocycles. The Balaban J connectivity index is 1.70. The minimum atomic E-state index is -1.81. The number of benzene rings is 4. The highest BCUT2D eigenvalue weighted by Crippen LogP contribution is 2.65. The van der Waals surface area contributed by atoms with Gasteiger partial charge in [-0.25, -0.2) is 0 Å². The molecule has 4 aromatic carbocycles. The van der Waals surface area contributed by atoms with Crippen LogP contribution in [0.25, 0.3) is 0 Å². The molecule has 0 heterocycles. The molecule has 0 radical (unpaired) electrons. The van der Waals surface area contributed by atoms with Crippen molar-refractivity contribution in [2.75, 3.05) is 5.90 Å². The quantitative estimate of drug-likeness (QED) is 0.107. The molecule has 180 valence electrons. The molecule has 35 heavy (non-hydrogen) atoms. The van der Waals surface area contributed by atoms with Gasteiger partial charge >= 0.3 is 0 Å². The van der Waals surface area contributed by atoms with Gasteiger partial charge in [-0.1, -0.05) is 121 Å². The van der Waals surface area contributed by atoms with Crippen molar-refractivity contribution in [2.24, 2.45) is 0 Å². The average Bonchev–Trinajstić information content (AvgIpc) is 2.89. The summed E-state index contributed by atoms with van der Waals surface area (Å²) in [5, 5.41) is -3.62. The fourth-order valence-electron chi connectivity index (χ4n) is 3.86. The molecule has 0 nitrogen and oxygen atoms in total. The van der Waals surface area contributed by atoms with E-state index in [4.69, 9.17) is 24.5 Å². The first-order valence-electron chi connectivity index (χ1n) is 11.6. The van der Waals surface area contributed by atoms with Gasteiger partial charge in [-0.2, -0.15) is 0 Å². The molecule has 6 heteroatoms. The maximum atomic E-state index is 6.60. The van der Waals surface area contributed by atoms with E-state index in [1.807, 2.05) is 21.9 Å². The van der Waals surface area contributed by atoms with Crippen LogP contribution in [0.2, 0.25) is 0 Å². The van der Waals surface area contributed by atoms with E-state index in [-0.39, 0.29) is 0 Å². The highest BCUT2D eigenvalue weighted by atomic mass is 32.9. The van der Waals surface area contributed by atoms with Crippen LogP contribution in [0.5, 0.6) is 0 Å². The molecule has 0 aliphatic carbocycles. The number of rotatable bonds is 10. The first kappa shape index (κ1) is 26.9. The van der Waals surface area contributed by atoms with E-state index in [1.54, 1.807) is 0 Å². The van der Waals surface area contributed by atoms with Crippen LogP contribution >= 0.6 is 10.5 Å². The molecule has 0 spiro atoms. The van der Waals surface area contributed by atoms with Gasteiger partial charge in [0.2, 0.25) is 0 Å². The molecule has 0 aromatic heterocycles. The molecule has 0 amide bonds. The Labute approximate surface area is 228 Å². The van der Waals surface area contributed by atoms with Gasteiger partial charge in [0.25, 0.3) is 0 Å². The minimum Gasteiger partial charge on any atom is -0.699 e. The monoisotopic (exact) mass is 568 g/mol. The van der Waals surface area contributed by atoms with Crippen molar-refractivity contribution >= 4 is 56.9 Å². The van der Waals surface area contributed by atoms with Gasteiger partial charge in [0, 0.05) is 39.8 Å². The molecule has 0 aliphatic rings. The van der Waals surface area contributed by atoms with Crippen LogP contribution in [0.3, 0.4) is 0 Å². The van der Waals surface area contributed by atoms with Crippen molar-refractivity contribution in [3.63, 3.8) is 0 Å². The van der Waals surface area contributed by atoms with Crippen molar-refractivity contribution in [3.05, 3.63) is 144 Å². The number of hydrogen-bond acceptors (Lipinski definition) is 2. The SMILES string of the molecule is [S-]P(Cc1ccccc1)(CP([S-])(Cc1ccccc1)=[S+]Cc1ccccc1)=[S+]Cc1ccccc1. The van der Waals surface area contributed by atoms with Gasteiger partial charge < -0.3 is 24.5 Å². The lowest BCUT2D eigenvalue weighted by atomic mass is 10.2. The molecule has 2 unspecified atom stereocenters. The minimum absolute atomic E-state index is 0.953. The molecule has 4 aromatic rings. The Morgan fingerprint density at radius 3 is 1.03 bits per heavy atom. The Kier molecular flexibility index (Phi) is 10.3. The number of hydrogen-bond donors (Lipinski definition) is 0. The molecule has 2 atom stereocenters. The summed E-state index contributed by atoms with van der Waals surface area (Å²) in [6.45, 7) is 0. The smallest absolute Gasteiger partial charge is 0.193 e. The Morgan fingerprint density at radius 2 is 0.714 bits per heavy atom. The fourth-order valence-corrected chi connectivity index (χ4v) is 27.6. The van der Waals surface area contributed by atoms with E-state index >= 15 is 0 Å². The van der Waals surface area contributed by atoms with E-state index in [9.17, 15) is 0 Å². The zero-order chi connectivity index (χ0) is 24.4. The van der Waals surface area contributed by atoms with Crippen molar-refractivity contribution in [2.45, 2.75) is 23.8 Å². The second-order valence-corrected chi connectivity index (χ2v) is 26.0. The third-order valence-electron chi connectivity index (χ3n) is 5.58. The summed E-state index contributed by atoms with van der Waals surface area (Å²) in [5.74, 6) is 2.90. The summed E-state index contributed by atoms with van der Waals surface area (Å²) in [7, 11) is 4.01. The van der Waals surface area contributed by atoms with Crippen LogP contribution in [-0.4, -0.2) is 5.90 Å². The van der Waals surface area contributed by atoms with Crippen LogP contribution in [-0.2, 0) is 70.2 Å². The highest BCUT2D eigenvalue weighted by molar-refractivity contribution is 8.66. The van der Waals surface area contributed by atoms with Gasteiger partial charge in [0.15, 0.2) is 11.5 Å². The van der Waals surface area contributed by atoms with Crippen LogP contribution < -0.4 is 0 Å². The van der Waals surface area contributed by atoms with E-state index in [0.29, 0.717) is 0 Å². The molecular weight excluding hydrogens is 539 g/mol. The third-order valence-corrected chi connectivity index (χ3v) is 23.8. The summed E-state index contributed by atoms with van der Waals surface area (Å²) in [6, 6.07) is 43.0. The van der Waals surface area contributed by atoms with Crippen molar-refractivity contribution in [1.29, 1.82) is 0 Å². The molecule has 0 bridgehead atoms. The average molecular weight is 569 g/mol. The fraction of sp³-hybridized carbons (Fsp3) is 0.172. The first-order chi connectivity index (χ1) is 17.0. The van der Waals surface area contributed by atoms with Crippen LogP contribution in [0.1, 0.15) is 22.3 Å². The highest BCUT2D eigenvalue weighted by Gasteiger charge is 2.26. The molecule has 0 saturated heterocycles. The summed E-state index contributed by atoms with van der Waals surface area (Å²) < 4.78 is 0. The normalized spacial score (nSPS) is 14.5. The van der Waals surface area contributed by atoms with E-state index in [2.05, 4.69) is 121 Å². The van der Waals surface area contributed by atoms with E-state index in [1.165, 1.54) is 22.3 Å². The molecule has 0 fully saturated rings. The summed E-state index contributed by atoms with van der Waals surface area (Å²) in [6.07, 6.45) is 1.92. The van der Waals surface area contributed by atoms with Crippen molar-refractivity contribution in [1.82, 2.24) is 0 Å². The maximum Gasteiger partial charge on any atom is 0.193 e. The van der Waals surface area contributed by atoms with Crippen molar-refractivity contribution in [3.8, 4) is 0 Å². The molecule has 4 rings (SSSR count). The van der Waals surface area contributed by atoms with Gasteiger partial charge in [-0.15, -0.1) is 0 Å². The molecule has 0 saturated carbocycles. The van der Waals surface area contributed by atoms with Gasteiger partial charge in [-0.05, 0) is 11.1 Å². The van der Waals surface area contributed by atoms with Crippen LogP contribution in [0, 0.1) is 0 Å². The third kappa shape index (κ3) is 9.04. The summed E-state index contributed by atoms with van der Waals surface area (Å²) >= 11 is 13.2. The van der Waals surface area contributed by atoms with E-state index in [0.717, 1.165) is 29.7 Å². The maximum absolute atomic E-state index is 6.60. The second-order valence-electron chi connectivity index (χ2n) is 8.58. The predicted molar refractivity (Wildman–Crippen MR) is 169 cm³/mol.